The van der Waals surface area contributed by atoms with Crippen LogP contribution in [-0.2, 0) is 6.42 Å². The molecule has 0 aliphatic heterocycles. The minimum Gasteiger partial charge on any atom is -0.325 e. The zero-order valence-corrected chi connectivity index (χ0v) is 11.8. The second-order valence-electron chi connectivity index (χ2n) is 5.47. The van der Waals surface area contributed by atoms with Gasteiger partial charge in [0.05, 0.1) is 5.52 Å². The summed E-state index contributed by atoms with van der Waals surface area (Å²) in [5.74, 6) is 2.01. The number of benzene rings is 1. The predicted octanol–water partition coefficient (Wildman–Crippen LogP) is 4.32. The lowest BCUT2D eigenvalue weighted by molar-refractivity contribution is 0.473. The molecule has 19 heavy (non-hydrogen) atoms. The number of nitrogens with zero attached hydrogens (tertiary/aromatic N) is 2. The highest BCUT2D eigenvalue weighted by Gasteiger charge is 2.26. The summed E-state index contributed by atoms with van der Waals surface area (Å²) >= 11 is 5.85. The fraction of sp³-hybridized carbons (Fsp3) is 0.533. The number of hydrogen-bond donors (Lipinski definition) is 0. The van der Waals surface area contributed by atoms with Crippen molar-refractivity contribution in [3.05, 3.63) is 29.8 Å². The van der Waals surface area contributed by atoms with Crippen LogP contribution in [0.5, 0.6) is 0 Å². The van der Waals surface area contributed by atoms with E-state index in [4.69, 9.17) is 11.6 Å². The molecule has 0 amide bonds. The third-order valence-electron chi connectivity index (χ3n) is 3.87. The van der Waals surface area contributed by atoms with E-state index in [0.29, 0.717) is 23.9 Å². The van der Waals surface area contributed by atoms with Crippen molar-refractivity contribution in [2.24, 2.45) is 5.92 Å². The lowest BCUT2D eigenvalue weighted by Crippen LogP contribution is -2.10. The minimum absolute atomic E-state index is 0.245. The number of para-hydroxylation sites is 1. The molecule has 0 saturated heterocycles. The third-order valence-corrected chi connectivity index (χ3v) is 4.06. The summed E-state index contributed by atoms with van der Waals surface area (Å²) in [5.41, 5.74) is 1.37. The van der Waals surface area contributed by atoms with Crippen molar-refractivity contribution in [2.75, 3.05) is 5.88 Å². The molecule has 1 aliphatic rings. The van der Waals surface area contributed by atoms with E-state index in [2.05, 4.69) is 16.5 Å². The largest absolute Gasteiger partial charge is 0.325 e. The molecule has 1 heterocycles. The molecule has 102 valence electrons. The number of halogens is 2. The van der Waals surface area contributed by atoms with Crippen LogP contribution in [0.25, 0.3) is 11.0 Å². The van der Waals surface area contributed by atoms with Crippen molar-refractivity contribution in [2.45, 2.75) is 38.6 Å². The fourth-order valence-corrected chi connectivity index (χ4v) is 2.99. The predicted molar refractivity (Wildman–Crippen MR) is 76.2 cm³/mol. The minimum atomic E-state index is -0.245. The molecule has 1 aromatic carbocycles. The van der Waals surface area contributed by atoms with Crippen molar-refractivity contribution in [1.29, 1.82) is 0 Å². The van der Waals surface area contributed by atoms with Crippen molar-refractivity contribution in [3.63, 3.8) is 0 Å². The zero-order chi connectivity index (χ0) is 13.4. The van der Waals surface area contributed by atoms with E-state index in [-0.39, 0.29) is 5.82 Å². The first-order valence-electron chi connectivity index (χ1n) is 6.92. The maximum absolute atomic E-state index is 13.8. The van der Waals surface area contributed by atoms with Crippen molar-refractivity contribution < 1.29 is 4.39 Å². The summed E-state index contributed by atoms with van der Waals surface area (Å²) in [6.45, 7) is 2.20. The summed E-state index contributed by atoms with van der Waals surface area (Å²) in [5, 5.41) is 0. The maximum atomic E-state index is 13.8. The normalized spacial score (nSPS) is 17.0. The van der Waals surface area contributed by atoms with Gasteiger partial charge in [0.25, 0.3) is 0 Å². The van der Waals surface area contributed by atoms with Crippen LogP contribution in [0, 0.1) is 11.7 Å². The second-order valence-corrected chi connectivity index (χ2v) is 5.85. The lowest BCUT2D eigenvalue weighted by Gasteiger charge is -2.17. The molecule has 4 heteroatoms. The van der Waals surface area contributed by atoms with Gasteiger partial charge in [-0.2, -0.15) is 0 Å². The highest BCUT2D eigenvalue weighted by Crippen LogP contribution is 2.38. The van der Waals surface area contributed by atoms with Gasteiger partial charge in [-0.25, -0.2) is 9.37 Å². The first-order valence-corrected chi connectivity index (χ1v) is 7.45. The number of imidazole rings is 1. The van der Waals surface area contributed by atoms with E-state index in [1.165, 1.54) is 18.9 Å². The highest BCUT2D eigenvalue weighted by atomic mass is 35.5. The number of aromatic nitrogens is 2. The fourth-order valence-electron chi connectivity index (χ4n) is 2.83. The standard InChI is InChI=1S/C15H18ClFN2/c1-10(9-11-5-6-11)19-13-4-2-3-12(17)15(13)18-14(19)7-8-16/h2-4,10-11H,5-9H2,1H3. The Balaban J connectivity index is 2.07. The molecule has 0 N–H and O–H groups in total. The number of aryl methyl sites for hydroxylation is 1. The first kappa shape index (κ1) is 12.9. The summed E-state index contributed by atoms with van der Waals surface area (Å²) < 4.78 is 16.0. The number of rotatable bonds is 5. The molecule has 1 aromatic heterocycles. The summed E-state index contributed by atoms with van der Waals surface area (Å²) in [6, 6.07) is 5.53. The van der Waals surface area contributed by atoms with Crippen molar-refractivity contribution in [1.82, 2.24) is 9.55 Å². The molecule has 1 saturated carbocycles. The van der Waals surface area contributed by atoms with Gasteiger partial charge in [0.1, 0.15) is 11.3 Å². The van der Waals surface area contributed by atoms with E-state index in [0.717, 1.165) is 23.7 Å². The smallest absolute Gasteiger partial charge is 0.151 e. The Kier molecular flexibility index (Phi) is 3.48. The summed E-state index contributed by atoms with van der Waals surface area (Å²) in [7, 11) is 0. The molecular weight excluding hydrogens is 263 g/mol. The van der Waals surface area contributed by atoms with Crippen molar-refractivity contribution in [3.8, 4) is 0 Å². The van der Waals surface area contributed by atoms with Crippen LogP contribution in [0.4, 0.5) is 4.39 Å². The van der Waals surface area contributed by atoms with Crippen LogP contribution in [0.1, 0.15) is 38.1 Å². The van der Waals surface area contributed by atoms with Gasteiger partial charge in [0, 0.05) is 18.3 Å². The average Bonchev–Trinajstić information content (AvgIpc) is 3.09. The molecule has 0 radical (unpaired) electrons. The molecule has 2 aromatic rings. The molecule has 1 aliphatic carbocycles. The molecule has 0 spiro atoms. The van der Waals surface area contributed by atoms with Gasteiger partial charge in [-0.15, -0.1) is 11.6 Å². The SMILES string of the molecule is CC(CC1CC1)n1c(CCCl)nc2c(F)cccc21. The van der Waals surface area contributed by atoms with Crippen LogP contribution >= 0.6 is 11.6 Å². The first-order chi connectivity index (χ1) is 9.20. The molecule has 3 rings (SSSR count). The van der Waals surface area contributed by atoms with Gasteiger partial charge in [-0.3, -0.25) is 0 Å². The Labute approximate surface area is 117 Å². The maximum Gasteiger partial charge on any atom is 0.151 e. The lowest BCUT2D eigenvalue weighted by atomic mass is 10.1. The number of hydrogen-bond acceptors (Lipinski definition) is 1. The van der Waals surface area contributed by atoms with E-state index in [9.17, 15) is 4.39 Å². The van der Waals surface area contributed by atoms with E-state index in [1.54, 1.807) is 6.07 Å². The Morgan fingerprint density at radius 2 is 2.26 bits per heavy atom. The van der Waals surface area contributed by atoms with Crippen LogP contribution in [0.15, 0.2) is 18.2 Å². The van der Waals surface area contributed by atoms with Crippen LogP contribution < -0.4 is 0 Å². The average molecular weight is 281 g/mol. The van der Waals surface area contributed by atoms with Gasteiger partial charge in [0.15, 0.2) is 5.82 Å². The summed E-state index contributed by atoms with van der Waals surface area (Å²) in [6.07, 6.45) is 4.49. The zero-order valence-electron chi connectivity index (χ0n) is 11.1. The van der Waals surface area contributed by atoms with E-state index in [1.807, 2.05) is 6.07 Å². The Hall–Kier alpha value is -1.09. The molecule has 1 unspecified atom stereocenters. The van der Waals surface area contributed by atoms with Gasteiger partial charge in [0.2, 0.25) is 0 Å². The molecular formula is C15H18ClFN2. The Morgan fingerprint density at radius 1 is 1.47 bits per heavy atom. The van der Waals surface area contributed by atoms with Crippen molar-refractivity contribution >= 4 is 22.6 Å². The van der Waals surface area contributed by atoms with Gasteiger partial charge >= 0.3 is 0 Å². The Bertz CT molecular complexity index is 589. The van der Waals surface area contributed by atoms with Crippen LogP contribution in [-0.4, -0.2) is 15.4 Å². The number of fused-ring (bicyclic) bond motifs is 1. The topological polar surface area (TPSA) is 17.8 Å². The number of alkyl halides is 1. The van der Waals surface area contributed by atoms with Gasteiger partial charge in [-0.05, 0) is 31.4 Å². The van der Waals surface area contributed by atoms with Crippen LogP contribution in [0.2, 0.25) is 0 Å². The van der Waals surface area contributed by atoms with Gasteiger partial charge in [-0.1, -0.05) is 18.9 Å². The molecule has 1 atom stereocenters. The third kappa shape index (κ3) is 2.48. The quantitative estimate of drug-likeness (QED) is 0.746. The van der Waals surface area contributed by atoms with E-state index >= 15 is 0 Å². The Morgan fingerprint density at radius 3 is 2.95 bits per heavy atom. The molecule has 1 fully saturated rings. The summed E-state index contributed by atoms with van der Waals surface area (Å²) in [4.78, 5) is 4.45. The highest BCUT2D eigenvalue weighted by molar-refractivity contribution is 6.17. The second kappa shape index (κ2) is 5.12. The van der Waals surface area contributed by atoms with E-state index < -0.39 is 0 Å². The monoisotopic (exact) mass is 280 g/mol. The van der Waals surface area contributed by atoms with Crippen LogP contribution in [0.3, 0.4) is 0 Å². The van der Waals surface area contributed by atoms with Gasteiger partial charge < -0.3 is 4.57 Å². The molecule has 0 bridgehead atoms. The molecule has 2 nitrogen and oxygen atoms in total.